The first-order valence-corrected chi connectivity index (χ1v) is 13.4. The molecule has 1 aromatic carbocycles. The van der Waals surface area contributed by atoms with E-state index >= 15 is 0 Å². The highest BCUT2D eigenvalue weighted by Crippen LogP contribution is 2.63. The Bertz CT molecular complexity index is 1270. The number of carbonyl (C=O) groups is 4. The van der Waals surface area contributed by atoms with Crippen LogP contribution in [0.5, 0.6) is 0 Å². The second-order valence-electron chi connectivity index (χ2n) is 12.1. The molecule has 7 atom stereocenters. The average Bonchev–Trinajstić information content (AvgIpc) is 2.87. The smallest absolute Gasteiger partial charge is 0.338 e. The minimum atomic E-state index is -1.96. The van der Waals surface area contributed by atoms with Crippen LogP contribution in [-0.2, 0) is 33.3 Å². The average molecular weight is 541 g/mol. The number of methoxy groups -OCH3 is 1. The molecule has 4 aliphatic rings. The third kappa shape index (κ3) is 3.69. The second kappa shape index (κ2) is 9.08. The number of benzene rings is 1. The van der Waals surface area contributed by atoms with Gasteiger partial charge in [-0.25, -0.2) is 4.79 Å². The number of Topliss-reactive ketones (excluding diaryl/α,β-unsaturated/α-hetero) is 2. The fourth-order valence-corrected chi connectivity index (χ4v) is 7.69. The number of fused-ring (bicyclic) bond motifs is 5. The van der Waals surface area contributed by atoms with Gasteiger partial charge < -0.3 is 24.1 Å². The minimum Gasteiger partial charge on any atom is -0.455 e. The van der Waals surface area contributed by atoms with Crippen molar-refractivity contribution < 1.29 is 43.2 Å². The van der Waals surface area contributed by atoms with E-state index in [1.165, 1.54) is 14.0 Å². The monoisotopic (exact) mass is 540 g/mol. The number of hydrogen-bond donors (Lipinski definition) is 1. The first kappa shape index (κ1) is 27.7. The Morgan fingerprint density at radius 3 is 2.33 bits per heavy atom. The van der Waals surface area contributed by atoms with E-state index < -0.39 is 58.2 Å². The molecule has 2 bridgehead atoms. The Labute approximate surface area is 227 Å². The van der Waals surface area contributed by atoms with Crippen molar-refractivity contribution in [2.75, 3.05) is 13.7 Å². The van der Waals surface area contributed by atoms with Crippen LogP contribution in [0.3, 0.4) is 0 Å². The number of esters is 2. The molecule has 39 heavy (non-hydrogen) atoms. The summed E-state index contributed by atoms with van der Waals surface area (Å²) in [6, 6.07) is 8.32. The summed E-state index contributed by atoms with van der Waals surface area (Å²) in [6.07, 6.45) is -2.69. The maximum Gasteiger partial charge on any atom is 0.338 e. The molecular weight excluding hydrogens is 504 g/mol. The van der Waals surface area contributed by atoms with Crippen molar-refractivity contribution in [2.24, 2.45) is 16.7 Å². The number of carbonyl (C=O) groups excluding carboxylic acids is 4. The summed E-state index contributed by atoms with van der Waals surface area (Å²) in [6.45, 7) is 8.11. The van der Waals surface area contributed by atoms with Gasteiger partial charge in [0.05, 0.1) is 18.1 Å². The van der Waals surface area contributed by atoms with Gasteiger partial charge in [-0.2, -0.15) is 0 Å². The van der Waals surface area contributed by atoms with Gasteiger partial charge in [-0.05, 0) is 43.0 Å². The Morgan fingerprint density at radius 2 is 1.77 bits per heavy atom. The minimum absolute atomic E-state index is 0.0337. The zero-order valence-corrected chi connectivity index (χ0v) is 23.2. The summed E-state index contributed by atoms with van der Waals surface area (Å²) >= 11 is 0. The highest BCUT2D eigenvalue weighted by molar-refractivity contribution is 6.02. The first-order chi connectivity index (χ1) is 18.2. The van der Waals surface area contributed by atoms with E-state index in [0.29, 0.717) is 24.0 Å². The molecule has 1 N–H and O–H groups in total. The van der Waals surface area contributed by atoms with Crippen molar-refractivity contribution in [3.63, 3.8) is 0 Å². The molecule has 0 radical (unpaired) electrons. The third-order valence-corrected chi connectivity index (χ3v) is 9.85. The number of aliphatic hydroxyl groups is 1. The van der Waals surface area contributed by atoms with E-state index in [1.807, 2.05) is 0 Å². The number of rotatable bonds is 4. The van der Waals surface area contributed by atoms with Gasteiger partial charge in [0, 0.05) is 31.3 Å². The molecule has 0 amide bonds. The van der Waals surface area contributed by atoms with Crippen molar-refractivity contribution in [3.8, 4) is 0 Å². The van der Waals surface area contributed by atoms with Gasteiger partial charge in [0.2, 0.25) is 0 Å². The molecule has 210 valence electrons. The molecule has 9 nitrogen and oxygen atoms in total. The number of allylic oxidation sites excluding steroid dienone is 1. The van der Waals surface area contributed by atoms with Gasteiger partial charge in [-0.15, -0.1) is 0 Å². The lowest BCUT2D eigenvalue weighted by Crippen LogP contribution is -2.79. The molecule has 3 fully saturated rings. The Kier molecular flexibility index (Phi) is 6.44. The topological polar surface area (TPSA) is 125 Å². The van der Waals surface area contributed by atoms with Gasteiger partial charge in [0.15, 0.2) is 17.2 Å². The molecule has 1 saturated heterocycles. The van der Waals surface area contributed by atoms with Crippen molar-refractivity contribution in [3.05, 3.63) is 47.0 Å². The van der Waals surface area contributed by atoms with Crippen LogP contribution in [0.15, 0.2) is 41.5 Å². The van der Waals surface area contributed by atoms with Gasteiger partial charge in [0.25, 0.3) is 0 Å². The van der Waals surface area contributed by atoms with Crippen LogP contribution in [0, 0.1) is 16.7 Å². The van der Waals surface area contributed by atoms with Crippen LogP contribution in [0.1, 0.15) is 64.2 Å². The van der Waals surface area contributed by atoms with Gasteiger partial charge in [-0.1, -0.05) is 39.0 Å². The van der Waals surface area contributed by atoms with E-state index in [-0.39, 0.29) is 30.2 Å². The van der Waals surface area contributed by atoms with E-state index in [4.69, 9.17) is 18.9 Å². The standard InChI is InChI=1S/C30H36O9/c1-16-19(32)14-30(35)25(38-26(34)18-10-8-7-9-11-18)23-28(5,24(33)22(36-6)21(16)27(30,3)4)13-12-20-29(23,15-37-20)39-17(2)31/h7-11,20,22-23,25,35H,12-15H2,1-6H3/t20-,22-,23?,25+,28-,29+,30-/m1/s1. The van der Waals surface area contributed by atoms with Crippen LogP contribution in [0.25, 0.3) is 0 Å². The number of ether oxygens (including phenoxy) is 4. The summed E-state index contributed by atoms with van der Waals surface area (Å²) in [5.41, 5.74) is -4.82. The highest BCUT2D eigenvalue weighted by atomic mass is 16.6. The van der Waals surface area contributed by atoms with Crippen molar-refractivity contribution >= 4 is 23.5 Å². The maximum absolute atomic E-state index is 14.6. The zero-order valence-electron chi connectivity index (χ0n) is 23.2. The SMILES string of the molecule is CO[C@H]1C(=O)[C@]2(C)CC[C@H]3OC[C@@]3(OC(C)=O)C2[C@H](OC(=O)c2ccccc2)[C@]2(O)CC(=O)C(C)=C1C2(C)C. The molecule has 1 heterocycles. The zero-order chi connectivity index (χ0) is 28.5. The van der Waals surface area contributed by atoms with E-state index in [2.05, 4.69) is 0 Å². The quantitative estimate of drug-likeness (QED) is 0.574. The van der Waals surface area contributed by atoms with Gasteiger partial charge >= 0.3 is 11.9 Å². The van der Waals surface area contributed by atoms with Crippen LogP contribution in [0.4, 0.5) is 0 Å². The molecule has 5 rings (SSSR count). The summed E-state index contributed by atoms with van der Waals surface area (Å²) in [4.78, 5) is 54.1. The van der Waals surface area contributed by atoms with Crippen molar-refractivity contribution in [1.29, 1.82) is 0 Å². The Morgan fingerprint density at radius 1 is 1.10 bits per heavy atom. The first-order valence-electron chi connectivity index (χ1n) is 13.4. The van der Waals surface area contributed by atoms with Crippen LogP contribution < -0.4 is 0 Å². The molecule has 2 saturated carbocycles. The lowest BCUT2D eigenvalue weighted by Gasteiger charge is -2.66. The van der Waals surface area contributed by atoms with Crippen LogP contribution in [-0.4, -0.2) is 71.8 Å². The lowest BCUT2D eigenvalue weighted by atomic mass is 9.45. The third-order valence-electron chi connectivity index (χ3n) is 9.85. The molecule has 1 aromatic rings. The maximum atomic E-state index is 14.6. The fraction of sp³-hybridized carbons (Fsp3) is 0.600. The number of hydrogen-bond acceptors (Lipinski definition) is 9. The highest BCUT2D eigenvalue weighted by Gasteiger charge is 2.76. The molecule has 1 aliphatic heterocycles. The van der Waals surface area contributed by atoms with Crippen molar-refractivity contribution in [1.82, 2.24) is 0 Å². The molecule has 3 aliphatic carbocycles. The second-order valence-corrected chi connectivity index (χ2v) is 12.1. The molecular formula is C30H36O9. The molecule has 1 unspecified atom stereocenters. The van der Waals surface area contributed by atoms with Crippen LogP contribution in [0.2, 0.25) is 0 Å². The van der Waals surface area contributed by atoms with E-state index in [9.17, 15) is 24.3 Å². The number of ketones is 2. The summed E-state index contributed by atoms with van der Waals surface area (Å²) in [5, 5.41) is 12.7. The Balaban J connectivity index is 1.80. The Hall–Kier alpha value is -2.88. The fourth-order valence-electron chi connectivity index (χ4n) is 7.69. The van der Waals surface area contributed by atoms with Crippen molar-refractivity contribution in [2.45, 2.75) is 83.4 Å². The molecule has 0 aromatic heterocycles. The predicted molar refractivity (Wildman–Crippen MR) is 138 cm³/mol. The molecule has 9 heteroatoms. The summed E-state index contributed by atoms with van der Waals surface area (Å²) in [5.74, 6) is -3.00. The molecule has 0 spiro atoms. The lowest BCUT2D eigenvalue weighted by molar-refractivity contribution is -0.330. The summed E-state index contributed by atoms with van der Waals surface area (Å²) in [7, 11) is 1.41. The largest absolute Gasteiger partial charge is 0.455 e. The van der Waals surface area contributed by atoms with E-state index in [1.54, 1.807) is 58.0 Å². The normalized spacial score (nSPS) is 38.9. The van der Waals surface area contributed by atoms with E-state index in [0.717, 1.165) is 0 Å². The predicted octanol–water partition coefficient (Wildman–Crippen LogP) is 2.97. The summed E-state index contributed by atoms with van der Waals surface area (Å²) < 4.78 is 23.9. The van der Waals surface area contributed by atoms with Crippen LogP contribution >= 0.6 is 0 Å². The van der Waals surface area contributed by atoms with Gasteiger partial charge in [0.1, 0.15) is 23.9 Å². The van der Waals surface area contributed by atoms with Gasteiger partial charge in [-0.3, -0.25) is 14.4 Å².